The summed E-state index contributed by atoms with van der Waals surface area (Å²) < 4.78 is 0. The van der Waals surface area contributed by atoms with Gasteiger partial charge >= 0.3 is 0 Å². The monoisotopic (exact) mass is 434 g/mol. The van der Waals surface area contributed by atoms with Crippen LogP contribution in [0.5, 0.6) is 0 Å². The predicted molar refractivity (Wildman–Crippen MR) is 122 cm³/mol. The summed E-state index contributed by atoms with van der Waals surface area (Å²) in [4.78, 5) is 31.9. The highest BCUT2D eigenvalue weighted by molar-refractivity contribution is 6.33. The Bertz CT molecular complexity index is 713. The Balaban J connectivity index is 1.43. The van der Waals surface area contributed by atoms with E-state index in [1.807, 2.05) is 12.1 Å². The quantitative estimate of drug-likeness (QED) is 0.713. The van der Waals surface area contributed by atoms with Crippen LogP contribution in [0.15, 0.2) is 24.3 Å². The van der Waals surface area contributed by atoms with Crippen molar-refractivity contribution in [3.05, 3.63) is 29.3 Å². The van der Waals surface area contributed by atoms with Crippen LogP contribution in [0.3, 0.4) is 0 Å². The first-order valence-corrected chi connectivity index (χ1v) is 11.6. The number of halogens is 1. The van der Waals surface area contributed by atoms with Crippen molar-refractivity contribution < 1.29 is 9.59 Å². The Morgan fingerprint density at radius 1 is 1.03 bits per heavy atom. The minimum atomic E-state index is -0.0593. The molecule has 0 unspecified atom stereocenters. The third kappa shape index (κ3) is 6.43. The number of benzene rings is 1. The summed E-state index contributed by atoms with van der Waals surface area (Å²) in [6.45, 7) is 8.26. The van der Waals surface area contributed by atoms with Gasteiger partial charge in [-0.25, -0.2) is 0 Å². The molecule has 1 N–H and O–H groups in total. The van der Waals surface area contributed by atoms with Crippen LogP contribution in [0.25, 0.3) is 0 Å². The van der Waals surface area contributed by atoms with Crippen molar-refractivity contribution in [2.24, 2.45) is 0 Å². The van der Waals surface area contributed by atoms with E-state index in [4.69, 9.17) is 11.6 Å². The zero-order valence-corrected chi connectivity index (χ0v) is 19.0. The van der Waals surface area contributed by atoms with Crippen LogP contribution in [-0.4, -0.2) is 77.9 Å². The second-order valence-corrected chi connectivity index (χ2v) is 9.17. The number of carbonyl (C=O) groups is 2. The van der Waals surface area contributed by atoms with Crippen molar-refractivity contribution in [1.29, 1.82) is 0 Å². The van der Waals surface area contributed by atoms with Gasteiger partial charge in [0.05, 0.1) is 23.8 Å². The molecule has 0 radical (unpaired) electrons. The fraction of sp³-hybridized carbons (Fsp3) is 0.652. The molecule has 7 heteroatoms. The molecule has 0 spiro atoms. The van der Waals surface area contributed by atoms with Crippen molar-refractivity contribution in [3.63, 3.8) is 0 Å². The second-order valence-electron chi connectivity index (χ2n) is 8.77. The Hall–Kier alpha value is -1.63. The zero-order valence-electron chi connectivity index (χ0n) is 18.3. The number of carbonyl (C=O) groups excluding carboxylic acids is 2. The van der Waals surface area contributed by atoms with E-state index in [9.17, 15) is 9.59 Å². The van der Waals surface area contributed by atoms with Gasteiger partial charge in [0.2, 0.25) is 11.8 Å². The minimum absolute atomic E-state index is 0.0593. The first-order valence-electron chi connectivity index (χ1n) is 11.2. The average Bonchev–Trinajstić information content (AvgIpc) is 2.72. The van der Waals surface area contributed by atoms with E-state index in [1.165, 1.54) is 19.3 Å². The number of hydrogen-bond donors (Lipinski definition) is 1. The van der Waals surface area contributed by atoms with E-state index in [1.54, 1.807) is 12.1 Å². The normalized spacial score (nSPS) is 19.1. The lowest BCUT2D eigenvalue weighted by molar-refractivity contribution is -0.138. The van der Waals surface area contributed by atoms with Crippen molar-refractivity contribution in [3.8, 4) is 0 Å². The molecular formula is C23H35ClN4O2. The average molecular weight is 435 g/mol. The molecule has 0 aromatic heterocycles. The van der Waals surface area contributed by atoms with Crippen LogP contribution in [0.4, 0.5) is 5.69 Å². The van der Waals surface area contributed by atoms with Crippen molar-refractivity contribution in [2.45, 2.75) is 58.0 Å². The molecule has 3 rings (SSSR count). The van der Waals surface area contributed by atoms with Crippen LogP contribution < -0.4 is 5.32 Å². The van der Waals surface area contributed by atoms with Gasteiger partial charge in [-0.3, -0.25) is 19.4 Å². The first kappa shape index (κ1) is 23.0. The minimum Gasteiger partial charge on any atom is -0.336 e. The van der Waals surface area contributed by atoms with Gasteiger partial charge in [-0.15, -0.1) is 0 Å². The molecule has 1 aliphatic carbocycles. The summed E-state index contributed by atoms with van der Waals surface area (Å²) in [6.07, 6.45) is 6.03. The summed E-state index contributed by atoms with van der Waals surface area (Å²) in [5.74, 6) is 0.192. The maximum absolute atomic E-state index is 13.0. The van der Waals surface area contributed by atoms with E-state index in [-0.39, 0.29) is 17.9 Å². The molecule has 2 fully saturated rings. The Morgan fingerprint density at radius 2 is 1.63 bits per heavy atom. The topological polar surface area (TPSA) is 55.9 Å². The van der Waals surface area contributed by atoms with Gasteiger partial charge in [0.15, 0.2) is 0 Å². The number of rotatable bonds is 7. The highest BCUT2D eigenvalue weighted by Crippen LogP contribution is 2.24. The van der Waals surface area contributed by atoms with Crippen molar-refractivity contribution in [2.75, 3.05) is 44.6 Å². The molecule has 1 aromatic carbocycles. The fourth-order valence-corrected chi connectivity index (χ4v) is 4.79. The maximum Gasteiger partial charge on any atom is 0.238 e. The SMILES string of the molecule is CC(C)N(C(=O)CN1CCN(CC(=O)Nc2ccccc2Cl)CC1)C1CCCCC1. The lowest BCUT2D eigenvalue weighted by Gasteiger charge is -2.40. The maximum atomic E-state index is 13.0. The predicted octanol–water partition coefficient (Wildman–Crippen LogP) is 3.47. The first-order chi connectivity index (χ1) is 14.4. The molecule has 0 bridgehead atoms. The summed E-state index contributed by atoms with van der Waals surface area (Å²) >= 11 is 6.11. The highest BCUT2D eigenvalue weighted by Gasteiger charge is 2.29. The van der Waals surface area contributed by atoms with Crippen LogP contribution in [0.2, 0.25) is 5.02 Å². The number of amides is 2. The third-order valence-corrected chi connectivity index (χ3v) is 6.48. The number of nitrogens with one attached hydrogen (secondary N) is 1. The number of piperazine rings is 1. The highest BCUT2D eigenvalue weighted by atomic mass is 35.5. The van der Waals surface area contributed by atoms with Crippen LogP contribution in [0.1, 0.15) is 46.0 Å². The molecule has 166 valence electrons. The van der Waals surface area contributed by atoms with Gasteiger partial charge < -0.3 is 10.2 Å². The van der Waals surface area contributed by atoms with E-state index < -0.39 is 0 Å². The molecule has 1 aliphatic heterocycles. The van der Waals surface area contributed by atoms with Gasteiger partial charge in [-0.05, 0) is 38.8 Å². The van der Waals surface area contributed by atoms with E-state index >= 15 is 0 Å². The van der Waals surface area contributed by atoms with E-state index in [0.29, 0.717) is 29.8 Å². The molecule has 1 aromatic rings. The number of anilines is 1. The van der Waals surface area contributed by atoms with Crippen molar-refractivity contribution >= 4 is 29.1 Å². The summed E-state index contributed by atoms with van der Waals surface area (Å²) in [7, 11) is 0. The largest absolute Gasteiger partial charge is 0.336 e. The van der Waals surface area contributed by atoms with Crippen LogP contribution >= 0.6 is 11.6 Å². The zero-order chi connectivity index (χ0) is 21.5. The second kappa shape index (κ2) is 11.1. The molecule has 2 aliphatic rings. The number of para-hydroxylation sites is 1. The van der Waals surface area contributed by atoms with E-state index in [2.05, 4.69) is 33.9 Å². The lowest BCUT2D eigenvalue weighted by atomic mass is 9.93. The molecule has 6 nitrogen and oxygen atoms in total. The third-order valence-electron chi connectivity index (χ3n) is 6.15. The molecule has 1 saturated carbocycles. The Morgan fingerprint density at radius 3 is 2.23 bits per heavy atom. The molecule has 2 amide bonds. The lowest BCUT2D eigenvalue weighted by Crippen LogP contribution is -2.54. The standard InChI is InChI=1S/C23H35ClN4O2/c1-18(2)28(19-8-4-3-5-9-19)23(30)17-27-14-12-26(13-15-27)16-22(29)25-21-11-7-6-10-20(21)24/h6-7,10-11,18-19H,3-5,8-9,12-17H2,1-2H3,(H,25,29). The van der Waals surface area contributed by atoms with Gasteiger partial charge in [0.25, 0.3) is 0 Å². The van der Waals surface area contributed by atoms with Gasteiger partial charge in [-0.2, -0.15) is 0 Å². The summed E-state index contributed by atoms with van der Waals surface area (Å²) in [5, 5.41) is 3.42. The van der Waals surface area contributed by atoms with Crippen LogP contribution in [0, 0.1) is 0 Å². The molecule has 30 heavy (non-hydrogen) atoms. The molecule has 1 saturated heterocycles. The van der Waals surface area contributed by atoms with Crippen molar-refractivity contribution in [1.82, 2.24) is 14.7 Å². The summed E-state index contributed by atoms with van der Waals surface area (Å²) in [5.41, 5.74) is 0.643. The van der Waals surface area contributed by atoms with Gasteiger partial charge in [0, 0.05) is 38.3 Å². The molecule has 0 atom stereocenters. The van der Waals surface area contributed by atoms with Gasteiger partial charge in [0.1, 0.15) is 0 Å². The van der Waals surface area contributed by atoms with Gasteiger partial charge in [-0.1, -0.05) is 43.0 Å². The Kier molecular flexibility index (Phi) is 8.54. The smallest absolute Gasteiger partial charge is 0.238 e. The Labute approximate surface area is 185 Å². The number of hydrogen-bond acceptors (Lipinski definition) is 4. The number of nitrogens with zero attached hydrogens (tertiary/aromatic N) is 3. The van der Waals surface area contributed by atoms with E-state index in [0.717, 1.165) is 39.0 Å². The molecule has 1 heterocycles. The molecular weight excluding hydrogens is 400 g/mol. The fourth-order valence-electron chi connectivity index (χ4n) is 4.61. The summed E-state index contributed by atoms with van der Waals surface area (Å²) in [6, 6.07) is 7.91. The van der Waals surface area contributed by atoms with Crippen LogP contribution in [-0.2, 0) is 9.59 Å².